The van der Waals surface area contributed by atoms with Crippen molar-refractivity contribution < 1.29 is 22.7 Å². The SMILES string of the molecule is COC(=O)C(F)(F)[C@H](C)F. The lowest BCUT2D eigenvalue weighted by atomic mass is 10.2. The normalized spacial score (nSPS) is 14.5. The molecule has 0 heterocycles. The van der Waals surface area contributed by atoms with Gasteiger partial charge in [-0.05, 0) is 6.92 Å². The van der Waals surface area contributed by atoms with E-state index in [-0.39, 0.29) is 0 Å². The van der Waals surface area contributed by atoms with Crippen molar-refractivity contribution >= 4 is 5.97 Å². The second kappa shape index (κ2) is 2.90. The van der Waals surface area contributed by atoms with Crippen LogP contribution in [0.2, 0.25) is 0 Å². The molecule has 0 aromatic carbocycles. The molecule has 0 radical (unpaired) electrons. The van der Waals surface area contributed by atoms with Gasteiger partial charge in [0, 0.05) is 0 Å². The second-order valence-corrected chi connectivity index (χ2v) is 1.73. The molecular weight excluding hydrogens is 149 g/mol. The van der Waals surface area contributed by atoms with Gasteiger partial charge in [-0.3, -0.25) is 0 Å². The minimum absolute atomic E-state index is 0.594. The molecule has 1 atom stereocenters. The molecule has 0 fully saturated rings. The lowest BCUT2D eigenvalue weighted by Gasteiger charge is -2.13. The van der Waals surface area contributed by atoms with Crippen molar-refractivity contribution in [2.45, 2.75) is 19.0 Å². The first-order chi connectivity index (χ1) is 4.42. The molecule has 0 N–H and O–H groups in total. The first-order valence-electron chi connectivity index (χ1n) is 2.53. The van der Waals surface area contributed by atoms with Gasteiger partial charge in [-0.2, -0.15) is 8.78 Å². The van der Waals surface area contributed by atoms with Gasteiger partial charge in [0.05, 0.1) is 7.11 Å². The van der Waals surface area contributed by atoms with E-state index in [9.17, 15) is 18.0 Å². The summed E-state index contributed by atoms with van der Waals surface area (Å²) in [5.74, 6) is -5.86. The smallest absolute Gasteiger partial charge is 0.379 e. The summed E-state index contributed by atoms with van der Waals surface area (Å²) in [7, 11) is 0.776. The van der Waals surface area contributed by atoms with Crippen molar-refractivity contribution in [3.05, 3.63) is 0 Å². The minimum atomic E-state index is -4.02. The monoisotopic (exact) mass is 156 g/mol. The standard InChI is InChI=1S/C5H7F3O2/c1-3(6)5(7,8)4(9)10-2/h3H,1-2H3/t3-/m0/s1. The summed E-state index contributed by atoms with van der Waals surface area (Å²) in [6.45, 7) is 0.594. The number of hydrogen-bond donors (Lipinski definition) is 0. The van der Waals surface area contributed by atoms with Crippen LogP contribution in [0, 0.1) is 0 Å². The summed E-state index contributed by atoms with van der Waals surface area (Å²) in [6.07, 6.45) is -2.51. The van der Waals surface area contributed by atoms with Gasteiger partial charge in [-0.25, -0.2) is 9.18 Å². The highest BCUT2D eigenvalue weighted by Crippen LogP contribution is 2.22. The summed E-state index contributed by atoms with van der Waals surface area (Å²) in [6, 6.07) is 0. The van der Waals surface area contributed by atoms with Crippen LogP contribution in [-0.2, 0) is 9.53 Å². The van der Waals surface area contributed by atoms with E-state index in [1.54, 1.807) is 0 Å². The molecule has 2 nitrogen and oxygen atoms in total. The minimum Gasteiger partial charge on any atom is -0.465 e. The molecule has 0 aromatic heterocycles. The van der Waals surface area contributed by atoms with Crippen LogP contribution in [0.25, 0.3) is 0 Å². The zero-order valence-electron chi connectivity index (χ0n) is 5.53. The van der Waals surface area contributed by atoms with E-state index in [2.05, 4.69) is 4.74 Å². The Morgan fingerprint density at radius 3 is 2.10 bits per heavy atom. The number of methoxy groups -OCH3 is 1. The summed E-state index contributed by atoms with van der Waals surface area (Å²) < 4.78 is 39.7. The van der Waals surface area contributed by atoms with E-state index in [0.29, 0.717) is 6.92 Å². The van der Waals surface area contributed by atoms with E-state index in [1.807, 2.05) is 0 Å². The Kier molecular flexibility index (Phi) is 2.68. The quantitative estimate of drug-likeness (QED) is 0.560. The number of carbonyl (C=O) groups is 1. The molecule has 0 aliphatic rings. The fraction of sp³-hybridized carbons (Fsp3) is 0.800. The van der Waals surface area contributed by atoms with Crippen molar-refractivity contribution in [3.63, 3.8) is 0 Å². The summed E-state index contributed by atoms with van der Waals surface area (Å²) in [5.41, 5.74) is 0. The zero-order chi connectivity index (χ0) is 8.36. The van der Waals surface area contributed by atoms with Crippen LogP contribution in [0.1, 0.15) is 6.92 Å². The molecule has 0 bridgehead atoms. The van der Waals surface area contributed by atoms with Crippen molar-refractivity contribution in [1.29, 1.82) is 0 Å². The fourth-order valence-electron chi connectivity index (χ4n) is 0.298. The molecule has 0 aliphatic heterocycles. The molecule has 0 spiro atoms. The molecule has 0 saturated heterocycles. The van der Waals surface area contributed by atoms with Crippen LogP contribution in [0.15, 0.2) is 0 Å². The van der Waals surface area contributed by atoms with E-state index in [4.69, 9.17) is 0 Å². The molecule has 0 amide bonds. The van der Waals surface area contributed by atoms with Crippen molar-refractivity contribution in [1.82, 2.24) is 0 Å². The molecule has 5 heteroatoms. The lowest BCUT2D eigenvalue weighted by molar-refractivity contribution is -0.177. The third-order valence-electron chi connectivity index (χ3n) is 0.957. The third-order valence-corrected chi connectivity index (χ3v) is 0.957. The van der Waals surface area contributed by atoms with Gasteiger partial charge in [0.15, 0.2) is 6.17 Å². The van der Waals surface area contributed by atoms with E-state index >= 15 is 0 Å². The largest absolute Gasteiger partial charge is 0.465 e. The highest BCUT2D eigenvalue weighted by molar-refractivity contribution is 5.78. The number of halogens is 3. The molecule has 0 unspecified atom stereocenters. The first kappa shape index (κ1) is 9.26. The van der Waals surface area contributed by atoms with Crippen molar-refractivity contribution in [2.24, 2.45) is 0 Å². The van der Waals surface area contributed by atoms with Crippen LogP contribution in [0.3, 0.4) is 0 Å². The van der Waals surface area contributed by atoms with Crippen molar-refractivity contribution in [3.8, 4) is 0 Å². The van der Waals surface area contributed by atoms with Gasteiger partial charge in [-0.1, -0.05) is 0 Å². The van der Waals surface area contributed by atoms with Crippen LogP contribution in [-0.4, -0.2) is 25.2 Å². The molecule has 10 heavy (non-hydrogen) atoms. The molecule has 0 saturated carbocycles. The maximum absolute atomic E-state index is 12.1. The third kappa shape index (κ3) is 1.62. The Balaban J connectivity index is 4.24. The number of alkyl halides is 3. The van der Waals surface area contributed by atoms with Crippen LogP contribution in [0.4, 0.5) is 13.2 Å². The van der Waals surface area contributed by atoms with Crippen LogP contribution in [0.5, 0.6) is 0 Å². The predicted molar refractivity (Wildman–Crippen MR) is 27.5 cm³/mol. The molecule has 60 valence electrons. The Morgan fingerprint density at radius 2 is 2.00 bits per heavy atom. The van der Waals surface area contributed by atoms with E-state index in [1.165, 1.54) is 0 Å². The molecular formula is C5H7F3O2. The number of carbonyl (C=O) groups excluding carboxylic acids is 1. The van der Waals surface area contributed by atoms with Gasteiger partial charge >= 0.3 is 11.9 Å². The lowest BCUT2D eigenvalue weighted by Crippen LogP contribution is -2.38. The average Bonchev–Trinajstić information content (AvgIpc) is 1.86. The predicted octanol–water partition coefficient (Wildman–Crippen LogP) is 1.15. The molecule has 0 aliphatic carbocycles. The van der Waals surface area contributed by atoms with Crippen molar-refractivity contribution in [2.75, 3.05) is 7.11 Å². The Hall–Kier alpha value is -0.740. The van der Waals surface area contributed by atoms with Gasteiger partial charge in [-0.15, -0.1) is 0 Å². The van der Waals surface area contributed by atoms with E-state index in [0.717, 1.165) is 7.11 Å². The number of hydrogen-bond acceptors (Lipinski definition) is 2. The van der Waals surface area contributed by atoms with Gasteiger partial charge in [0.2, 0.25) is 0 Å². The molecule has 0 aromatic rings. The maximum atomic E-state index is 12.1. The van der Waals surface area contributed by atoms with Gasteiger partial charge in [0.1, 0.15) is 0 Å². The first-order valence-corrected chi connectivity index (χ1v) is 2.53. The Morgan fingerprint density at radius 1 is 1.60 bits per heavy atom. The zero-order valence-corrected chi connectivity index (χ0v) is 5.53. The van der Waals surface area contributed by atoms with Gasteiger partial charge < -0.3 is 4.74 Å². The van der Waals surface area contributed by atoms with Crippen LogP contribution < -0.4 is 0 Å². The maximum Gasteiger partial charge on any atom is 0.379 e. The fourth-order valence-corrected chi connectivity index (χ4v) is 0.298. The highest BCUT2D eigenvalue weighted by Gasteiger charge is 2.46. The topological polar surface area (TPSA) is 26.3 Å². The summed E-state index contributed by atoms with van der Waals surface area (Å²) in [4.78, 5) is 10.1. The summed E-state index contributed by atoms with van der Waals surface area (Å²) >= 11 is 0. The summed E-state index contributed by atoms with van der Waals surface area (Å²) in [5, 5.41) is 0. The second-order valence-electron chi connectivity index (χ2n) is 1.73. The van der Waals surface area contributed by atoms with Gasteiger partial charge in [0.25, 0.3) is 0 Å². The number of rotatable bonds is 2. The average molecular weight is 156 g/mol. The van der Waals surface area contributed by atoms with E-state index < -0.39 is 18.1 Å². The number of ether oxygens (including phenoxy) is 1. The highest BCUT2D eigenvalue weighted by atomic mass is 19.3. The van der Waals surface area contributed by atoms with Crippen LogP contribution >= 0.6 is 0 Å². The Bertz CT molecular complexity index is 133. The number of esters is 1. The molecule has 0 rings (SSSR count). The Labute approximate surface area is 56.0 Å².